The number of tetrazole rings is 1. The molecule has 0 bridgehead atoms. The summed E-state index contributed by atoms with van der Waals surface area (Å²) in [5, 5.41) is 17.4. The van der Waals surface area contributed by atoms with Crippen molar-refractivity contribution >= 4 is 16.7 Å². The molecular formula is C25H23F3N8O. The number of aromatic nitrogens is 7. The Kier molecular flexibility index (Phi) is 6.47. The molecule has 12 heteroatoms. The third-order valence-electron chi connectivity index (χ3n) is 6.02. The SMILES string of the molecule is CCOc1cc(-c2cc(NCCn3c(C)cc4c(C)cc(F)c(F)c43)ncn2)cc(F)c1-c1nn[nH]n1. The van der Waals surface area contributed by atoms with E-state index < -0.39 is 17.5 Å². The molecule has 0 saturated carbocycles. The number of fused-ring (bicyclic) bond motifs is 1. The smallest absolute Gasteiger partial charge is 0.211 e. The molecule has 0 radical (unpaired) electrons. The number of anilines is 1. The number of aromatic amines is 1. The van der Waals surface area contributed by atoms with Crippen molar-refractivity contribution in [1.82, 2.24) is 35.2 Å². The number of nitrogens with zero attached hydrogens (tertiary/aromatic N) is 6. The largest absolute Gasteiger partial charge is 0.493 e. The Morgan fingerprint density at radius 2 is 1.86 bits per heavy atom. The molecule has 0 aliphatic rings. The number of ether oxygens (including phenoxy) is 1. The van der Waals surface area contributed by atoms with Crippen LogP contribution in [0.4, 0.5) is 19.0 Å². The van der Waals surface area contributed by atoms with Gasteiger partial charge in [-0.2, -0.15) is 5.21 Å². The van der Waals surface area contributed by atoms with Crippen LogP contribution in [-0.4, -0.2) is 48.3 Å². The zero-order valence-corrected chi connectivity index (χ0v) is 20.3. The van der Waals surface area contributed by atoms with E-state index in [4.69, 9.17) is 4.74 Å². The maximum absolute atomic E-state index is 15.1. The summed E-state index contributed by atoms with van der Waals surface area (Å²) in [6.07, 6.45) is 1.36. The Hall–Kier alpha value is -4.48. The lowest BCUT2D eigenvalue weighted by atomic mass is 10.1. The molecule has 0 amide bonds. The first-order chi connectivity index (χ1) is 17.9. The van der Waals surface area contributed by atoms with Crippen molar-refractivity contribution in [1.29, 1.82) is 0 Å². The first-order valence-electron chi connectivity index (χ1n) is 11.6. The number of halogens is 3. The van der Waals surface area contributed by atoms with E-state index in [0.717, 1.165) is 5.69 Å². The highest BCUT2D eigenvalue weighted by Crippen LogP contribution is 2.35. The molecule has 3 heterocycles. The Balaban J connectivity index is 1.39. The van der Waals surface area contributed by atoms with Crippen LogP contribution in [0.1, 0.15) is 18.2 Å². The third kappa shape index (κ3) is 4.57. The summed E-state index contributed by atoms with van der Waals surface area (Å²) < 4.78 is 51.1. The fourth-order valence-electron chi connectivity index (χ4n) is 4.34. The van der Waals surface area contributed by atoms with Gasteiger partial charge in [-0.25, -0.2) is 23.1 Å². The molecule has 0 aliphatic carbocycles. The van der Waals surface area contributed by atoms with Crippen molar-refractivity contribution in [3.63, 3.8) is 0 Å². The van der Waals surface area contributed by atoms with Gasteiger partial charge in [0.1, 0.15) is 29.3 Å². The van der Waals surface area contributed by atoms with Crippen molar-refractivity contribution in [2.75, 3.05) is 18.5 Å². The summed E-state index contributed by atoms with van der Waals surface area (Å²) in [6, 6.07) is 7.69. The maximum Gasteiger partial charge on any atom is 0.211 e. The summed E-state index contributed by atoms with van der Waals surface area (Å²) in [5.74, 6) is -1.50. The quantitative estimate of drug-likeness (QED) is 0.309. The minimum atomic E-state index is -0.873. The van der Waals surface area contributed by atoms with Gasteiger partial charge >= 0.3 is 0 Å². The van der Waals surface area contributed by atoms with Gasteiger partial charge in [0, 0.05) is 35.8 Å². The summed E-state index contributed by atoms with van der Waals surface area (Å²) in [4.78, 5) is 8.50. The van der Waals surface area contributed by atoms with Gasteiger partial charge in [-0.1, -0.05) is 0 Å². The fraction of sp³-hybridized carbons (Fsp3) is 0.240. The van der Waals surface area contributed by atoms with Crippen molar-refractivity contribution < 1.29 is 17.9 Å². The number of hydrogen-bond acceptors (Lipinski definition) is 7. The first kappa shape index (κ1) is 24.2. The van der Waals surface area contributed by atoms with Gasteiger partial charge < -0.3 is 14.6 Å². The Morgan fingerprint density at radius 3 is 2.62 bits per heavy atom. The molecule has 0 spiro atoms. The number of H-pyrrole nitrogens is 1. The first-order valence-corrected chi connectivity index (χ1v) is 11.6. The highest BCUT2D eigenvalue weighted by molar-refractivity contribution is 5.85. The number of rotatable bonds is 8. The van der Waals surface area contributed by atoms with Crippen LogP contribution in [-0.2, 0) is 6.54 Å². The van der Waals surface area contributed by atoms with Gasteiger partial charge in [0.15, 0.2) is 11.6 Å². The molecule has 9 nitrogen and oxygen atoms in total. The summed E-state index contributed by atoms with van der Waals surface area (Å²) >= 11 is 0. The molecule has 0 aliphatic heterocycles. The van der Waals surface area contributed by atoms with Crippen LogP contribution in [0, 0.1) is 31.3 Å². The van der Waals surface area contributed by atoms with Crippen molar-refractivity contribution in [2.24, 2.45) is 0 Å². The maximum atomic E-state index is 15.1. The van der Waals surface area contributed by atoms with Gasteiger partial charge in [0.25, 0.3) is 0 Å². The second kappa shape index (κ2) is 9.88. The second-order valence-corrected chi connectivity index (χ2v) is 8.40. The van der Waals surface area contributed by atoms with E-state index in [9.17, 15) is 8.78 Å². The van der Waals surface area contributed by atoms with E-state index >= 15 is 4.39 Å². The predicted molar refractivity (Wildman–Crippen MR) is 132 cm³/mol. The Labute approximate surface area is 209 Å². The van der Waals surface area contributed by atoms with Gasteiger partial charge in [-0.15, -0.1) is 10.2 Å². The molecular weight excluding hydrogens is 485 g/mol. The van der Waals surface area contributed by atoms with Crippen LogP contribution in [0.5, 0.6) is 5.75 Å². The molecule has 0 fully saturated rings. The van der Waals surface area contributed by atoms with Gasteiger partial charge in [0.2, 0.25) is 5.82 Å². The average Bonchev–Trinajstić information content (AvgIpc) is 3.51. The normalized spacial score (nSPS) is 11.3. The standard InChI is InChI=1S/C25H23F3N8O/c1-4-37-20-10-15(9-17(26)22(20)25-32-34-35-33-25)19-11-21(31-12-30-19)29-5-6-36-14(3)8-16-13(2)7-18(27)23(28)24(16)36/h7-12H,4-6H2,1-3H3,(H,29,30,31)(H,32,33,34,35). The zero-order chi connectivity index (χ0) is 26.1. The number of hydrogen-bond donors (Lipinski definition) is 2. The Bertz CT molecular complexity index is 1580. The number of nitrogens with one attached hydrogen (secondary N) is 2. The van der Waals surface area contributed by atoms with E-state index in [1.165, 1.54) is 18.5 Å². The highest BCUT2D eigenvalue weighted by atomic mass is 19.2. The Morgan fingerprint density at radius 1 is 1.03 bits per heavy atom. The molecule has 3 aromatic heterocycles. The van der Waals surface area contributed by atoms with Crippen molar-refractivity contribution in [3.05, 3.63) is 65.4 Å². The lowest BCUT2D eigenvalue weighted by molar-refractivity contribution is 0.340. The van der Waals surface area contributed by atoms with Gasteiger partial charge in [-0.3, -0.25) is 0 Å². The van der Waals surface area contributed by atoms with Crippen molar-refractivity contribution in [3.8, 4) is 28.4 Å². The third-order valence-corrected chi connectivity index (χ3v) is 6.02. The van der Waals surface area contributed by atoms with Crippen LogP contribution in [0.15, 0.2) is 36.7 Å². The molecule has 5 aromatic rings. The highest BCUT2D eigenvalue weighted by Gasteiger charge is 2.20. The monoisotopic (exact) mass is 508 g/mol. The van der Waals surface area contributed by atoms with Crippen LogP contribution < -0.4 is 10.1 Å². The number of aryl methyl sites for hydroxylation is 2. The predicted octanol–water partition coefficient (Wildman–Crippen LogP) is 4.82. The fourth-order valence-corrected chi connectivity index (χ4v) is 4.34. The van der Waals surface area contributed by atoms with E-state index in [1.807, 2.05) is 13.0 Å². The molecule has 37 heavy (non-hydrogen) atoms. The van der Waals surface area contributed by atoms with Crippen LogP contribution in [0.25, 0.3) is 33.5 Å². The van der Waals surface area contributed by atoms with Crippen LogP contribution in [0.2, 0.25) is 0 Å². The summed E-state index contributed by atoms with van der Waals surface area (Å²) in [6.45, 7) is 6.45. The zero-order valence-electron chi connectivity index (χ0n) is 20.3. The molecule has 2 aromatic carbocycles. The molecule has 5 rings (SSSR count). The number of benzene rings is 2. The van der Waals surface area contributed by atoms with Crippen LogP contribution >= 0.6 is 0 Å². The summed E-state index contributed by atoms with van der Waals surface area (Å²) in [7, 11) is 0. The molecule has 190 valence electrons. The van der Waals surface area contributed by atoms with Gasteiger partial charge in [0.05, 0.1) is 17.8 Å². The van der Waals surface area contributed by atoms with Gasteiger partial charge in [-0.05, 0) is 55.8 Å². The van der Waals surface area contributed by atoms with E-state index in [-0.39, 0.29) is 22.7 Å². The van der Waals surface area contributed by atoms with E-state index in [1.54, 1.807) is 30.5 Å². The second-order valence-electron chi connectivity index (χ2n) is 8.40. The minimum absolute atomic E-state index is 0.0804. The minimum Gasteiger partial charge on any atom is -0.493 e. The lowest BCUT2D eigenvalue weighted by Crippen LogP contribution is -2.13. The van der Waals surface area contributed by atoms with E-state index in [0.29, 0.717) is 47.7 Å². The average molecular weight is 509 g/mol. The topological polar surface area (TPSA) is 106 Å². The lowest BCUT2D eigenvalue weighted by Gasteiger charge is -2.13. The van der Waals surface area contributed by atoms with Crippen LogP contribution in [0.3, 0.4) is 0 Å². The molecule has 2 N–H and O–H groups in total. The molecule has 0 saturated heterocycles. The molecule has 0 atom stereocenters. The summed E-state index contributed by atoms with van der Waals surface area (Å²) in [5.41, 5.74) is 2.75. The van der Waals surface area contributed by atoms with E-state index in [2.05, 4.69) is 35.9 Å². The van der Waals surface area contributed by atoms with Crippen molar-refractivity contribution in [2.45, 2.75) is 27.3 Å². The molecule has 0 unspecified atom stereocenters.